The van der Waals surface area contributed by atoms with E-state index in [4.69, 9.17) is 11.6 Å². The van der Waals surface area contributed by atoms with Crippen LogP contribution in [0.5, 0.6) is 5.75 Å². The standard InChI is InChI=1S/C24H30ClN5O3S/c1-15-11-20(31)18(12-19(15)25)21(28-34(33)24(2,3)4)16-5-8-29(9-6-16)22(32)17-13-27-23-26-7-10-30(23)14-17/h7,10-14,16,21,28,31H,5-6,8-9H2,1-4H3/t21-,34+/m1/s1. The minimum Gasteiger partial charge on any atom is -0.508 e. The molecule has 2 aromatic heterocycles. The summed E-state index contributed by atoms with van der Waals surface area (Å²) in [6, 6.07) is 3.04. The van der Waals surface area contributed by atoms with Gasteiger partial charge in [0.2, 0.25) is 5.78 Å². The predicted octanol–water partition coefficient (Wildman–Crippen LogP) is 4.04. The van der Waals surface area contributed by atoms with Crippen LogP contribution in [0.2, 0.25) is 5.02 Å². The van der Waals surface area contributed by atoms with Gasteiger partial charge in [-0.25, -0.2) is 18.9 Å². The first-order valence-corrected chi connectivity index (χ1v) is 12.8. The second-order valence-corrected chi connectivity index (χ2v) is 12.1. The van der Waals surface area contributed by atoms with E-state index in [1.807, 2.05) is 32.6 Å². The number of nitrogens with zero attached hydrogens (tertiary/aromatic N) is 4. The molecule has 34 heavy (non-hydrogen) atoms. The van der Waals surface area contributed by atoms with Gasteiger partial charge in [-0.3, -0.25) is 9.20 Å². The molecule has 1 aromatic carbocycles. The Bertz CT molecular complexity index is 1230. The van der Waals surface area contributed by atoms with Crippen LogP contribution in [0, 0.1) is 12.8 Å². The van der Waals surface area contributed by atoms with Gasteiger partial charge in [0.1, 0.15) is 5.75 Å². The van der Waals surface area contributed by atoms with E-state index in [-0.39, 0.29) is 23.6 Å². The second-order valence-electron chi connectivity index (χ2n) is 9.74. The average molecular weight is 504 g/mol. The Hall–Kier alpha value is -2.49. The lowest BCUT2D eigenvalue weighted by molar-refractivity contribution is 0.0673. The molecule has 1 amide bonds. The number of hydrogen-bond acceptors (Lipinski definition) is 5. The summed E-state index contributed by atoms with van der Waals surface area (Å²) in [5, 5.41) is 11.3. The molecule has 4 rings (SSSR count). The maximum absolute atomic E-state index is 13.1. The highest BCUT2D eigenvalue weighted by Crippen LogP contribution is 2.38. The fourth-order valence-corrected chi connectivity index (χ4v) is 5.26. The molecule has 0 bridgehead atoms. The van der Waals surface area contributed by atoms with Crippen LogP contribution in [-0.2, 0) is 11.0 Å². The Morgan fingerprint density at radius 2 is 1.97 bits per heavy atom. The van der Waals surface area contributed by atoms with E-state index in [0.717, 1.165) is 5.56 Å². The first-order valence-electron chi connectivity index (χ1n) is 11.3. The van der Waals surface area contributed by atoms with Crippen molar-refractivity contribution >= 4 is 34.3 Å². The summed E-state index contributed by atoms with van der Waals surface area (Å²) in [6.45, 7) is 8.64. The number of aryl methyl sites for hydroxylation is 1. The summed E-state index contributed by atoms with van der Waals surface area (Å²) in [6.07, 6.45) is 8.08. The van der Waals surface area contributed by atoms with Gasteiger partial charge >= 0.3 is 0 Å². The number of carbonyl (C=O) groups excluding carboxylic acids is 1. The van der Waals surface area contributed by atoms with E-state index in [2.05, 4.69) is 14.7 Å². The third-order valence-electron chi connectivity index (χ3n) is 6.22. The van der Waals surface area contributed by atoms with Gasteiger partial charge in [-0.2, -0.15) is 0 Å². The maximum atomic E-state index is 13.1. The number of nitrogens with one attached hydrogen (secondary N) is 1. The number of likely N-dealkylation sites (tertiary alicyclic amines) is 1. The average Bonchev–Trinajstić information content (AvgIpc) is 3.27. The van der Waals surface area contributed by atoms with Gasteiger partial charge in [0, 0.05) is 48.5 Å². The van der Waals surface area contributed by atoms with Gasteiger partial charge < -0.3 is 10.0 Å². The fraction of sp³-hybridized carbons (Fsp3) is 0.458. The smallest absolute Gasteiger partial charge is 0.256 e. The van der Waals surface area contributed by atoms with Crippen LogP contribution >= 0.6 is 11.6 Å². The minimum atomic E-state index is -1.35. The van der Waals surface area contributed by atoms with E-state index in [1.54, 1.807) is 41.3 Å². The molecule has 2 N–H and O–H groups in total. The molecule has 0 saturated carbocycles. The lowest BCUT2D eigenvalue weighted by atomic mass is 9.85. The number of rotatable bonds is 5. The number of phenols is 1. The van der Waals surface area contributed by atoms with E-state index in [0.29, 0.717) is 47.9 Å². The third-order valence-corrected chi connectivity index (χ3v) is 8.21. The molecule has 3 heterocycles. The molecule has 3 aromatic rings. The highest BCUT2D eigenvalue weighted by Gasteiger charge is 2.34. The van der Waals surface area contributed by atoms with Crippen molar-refractivity contribution in [2.24, 2.45) is 5.92 Å². The van der Waals surface area contributed by atoms with Crippen LogP contribution in [0.1, 0.15) is 61.1 Å². The molecule has 10 heteroatoms. The molecule has 2 atom stereocenters. The van der Waals surface area contributed by atoms with E-state index in [9.17, 15) is 14.1 Å². The third kappa shape index (κ3) is 5.11. The SMILES string of the molecule is Cc1cc(O)c([C@H](N[S@@](=O)C(C)(C)C)C2CCN(C(=O)c3cnc4nccn4c3)CC2)cc1Cl. The van der Waals surface area contributed by atoms with Crippen LogP contribution in [0.15, 0.2) is 36.9 Å². The van der Waals surface area contributed by atoms with Gasteiger partial charge in [-0.15, -0.1) is 0 Å². The molecule has 1 saturated heterocycles. The number of piperidine rings is 1. The zero-order chi connectivity index (χ0) is 24.6. The summed E-state index contributed by atoms with van der Waals surface area (Å²) in [7, 11) is -1.35. The fourth-order valence-electron chi connectivity index (χ4n) is 4.18. The van der Waals surface area contributed by atoms with Gasteiger partial charge in [-0.05, 0) is 64.2 Å². The molecule has 1 aliphatic heterocycles. The van der Waals surface area contributed by atoms with Crippen molar-refractivity contribution in [2.75, 3.05) is 13.1 Å². The minimum absolute atomic E-state index is 0.0641. The number of aromatic nitrogens is 3. The summed E-state index contributed by atoms with van der Waals surface area (Å²) in [5.74, 6) is 0.663. The largest absolute Gasteiger partial charge is 0.508 e. The van der Waals surface area contributed by atoms with E-state index < -0.39 is 15.7 Å². The van der Waals surface area contributed by atoms with Gasteiger partial charge in [0.25, 0.3) is 5.91 Å². The highest BCUT2D eigenvalue weighted by atomic mass is 35.5. The molecule has 0 radical (unpaired) electrons. The Balaban J connectivity index is 1.53. The van der Waals surface area contributed by atoms with Crippen LogP contribution in [0.4, 0.5) is 0 Å². The van der Waals surface area contributed by atoms with Crippen molar-refractivity contribution in [3.8, 4) is 5.75 Å². The van der Waals surface area contributed by atoms with Crippen molar-refractivity contribution in [2.45, 2.75) is 51.3 Å². The van der Waals surface area contributed by atoms with Crippen molar-refractivity contribution in [1.29, 1.82) is 0 Å². The summed E-state index contributed by atoms with van der Waals surface area (Å²) < 4.78 is 17.5. The molecule has 8 nitrogen and oxygen atoms in total. The zero-order valence-electron chi connectivity index (χ0n) is 19.8. The number of amides is 1. The number of halogens is 1. The lowest BCUT2D eigenvalue weighted by Crippen LogP contribution is -2.44. The number of fused-ring (bicyclic) bond motifs is 1. The summed E-state index contributed by atoms with van der Waals surface area (Å²) in [4.78, 5) is 23.3. The first-order chi connectivity index (χ1) is 16.0. The van der Waals surface area contributed by atoms with Crippen molar-refractivity contribution in [3.05, 3.63) is 58.6 Å². The number of benzene rings is 1. The monoisotopic (exact) mass is 503 g/mol. The number of imidazole rings is 1. The highest BCUT2D eigenvalue weighted by molar-refractivity contribution is 7.84. The van der Waals surface area contributed by atoms with Gasteiger partial charge in [0.15, 0.2) is 0 Å². The number of phenolic OH excluding ortho intramolecular Hbond substituents is 1. The number of hydrogen-bond donors (Lipinski definition) is 2. The Kier molecular flexibility index (Phi) is 6.98. The van der Waals surface area contributed by atoms with Crippen molar-refractivity contribution in [1.82, 2.24) is 24.0 Å². The quantitative estimate of drug-likeness (QED) is 0.547. The summed E-state index contributed by atoms with van der Waals surface area (Å²) in [5.41, 5.74) is 1.92. The first kappa shape index (κ1) is 24.6. The molecular weight excluding hydrogens is 474 g/mol. The van der Waals surface area contributed by atoms with Gasteiger partial charge in [0.05, 0.1) is 27.3 Å². The van der Waals surface area contributed by atoms with Crippen molar-refractivity contribution < 1.29 is 14.1 Å². The van der Waals surface area contributed by atoms with E-state index >= 15 is 0 Å². The van der Waals surface area contributed by atoms with Crippen molar-refractivity contribution in [3.63, 3.8) is 0 Å². The Morgan fingerprint density at radius 3 is 2.65 bits per heavy atom. The van der Waals surface area contributed by atoms with Crippen LogP contribution < -0.4 is 4.72 Å². The molecule has 182 valence electrons. The number of carbonyl (C=O) groups is 1. The van der Waals surface area contributed by atoms with E-state index in [1.165, 1.54) is 0 Å². The van der Waals surface area contributed by atoms with Crippen LogP contribution in [0.3, 0.4) is 0 Å². The molecule has 0 unspecified atom stereocenters. The molecule has 0 aliphatic carbocycles. The zero-order valence-corrected chi connectivity index (χ0v) is 21.4. The normalized spacial score (nSPS) is 17.1. The molecule has 1 fully saturated rings. The molecular formula is C24H30ClN5O3S. The summed E-state index contributed by atoms with van der Waals surface area (Å²) >= 11 is 6.38. The second kappa shape index (κ2) is 9.64. The maximum Gasteiger partial charge on any atom is 0.256 e. The van der Waals surface area contributed by atoms with Crippen LogP contribution in [0.25, 0.3) is 5.78 Å². The molecule has 1 aliphatic rings. The number of aromatic hydroxyl groups is 1. The van der Waals surface area contributed by atoms with Crippen LogP contribution in [-0.4, -0.2) is 52.3 Å². The Morgan fingerprint density at radius 1 is 1.26 bits per heavy atom. The molecule has 0 spiro atoms. The lowest BCUT2D eigenvalue weighted by Gasteiger charge is -2.37. The predicted molar refractivity (Wildman–Crippen MR) is 133 cm³/mol. The van der Waals surface area contributed by atoms with Gasteiger partial charge in [-0.1, -0.05) is 11.6 Å². The Labute approximate surface area is 206 Å². The topological polar surface area (TPSA) is 99.8 Å².